The van der Waals surface area contributed by atoms with Gasteiger partial charge in [-0.25, -0.2) is 4.79 Å². The molecule has 8 heteroatoms. The number of hydrogen-bond acceptors (Lipinski definition) is 4. The Labute approximate surface area is 196 Å². The molecule has 1 aromatic rings. The zero-order valence-electron chi connectivity index (χ0n) is 19.5. The molecule has 182 valence electrons. The van der Waals surface area contributed by atoms with Crippen molar-refractivity contribution < 1.29 is 24.3 Å². The average Bonchev–Trinajstić information content (AvgIpc) is 2.82. The van der Waals surface area contributed by atoms with Crippen molar-refractivity contribution in [1.82, 2.24) is 15.5 Å². The third-order valence-corrected chi connectivity index (χ3v) is 6.32. The number of benzene rings is 1. The van der Waals surface area contributed by atoms with E-state index >= 15 is 0 Å². The molecule has 1 aliphatic carbocycles. The van der Waals surface area contributed by atoms with Gasteiger partial charge < -0.3 is 25.4 Å². The molecule has 1 aliphatic rings. The maximum atomic E-state index is 12.7. The van der Waals surface area contributed by atoms with Gasteiger partial charge in [0.2, 0.25) is 11.8 Å². The zero-order chi connectivity index (χ0) is 24.1. The number of nitrogens with one attached hydrogen (secondary N) is 2. The van der Waals surface area contributed by atoms with Gasteiger partial charge in [0.25, 0.3) is 0 Å². The number of carbonyl (C=O) groups is 4. The Morgan fingerprint density at radius 2 is 1.82 bits per heavy atom. The van der Waals surface area contributed by atoms with Gasteiger partial charge in [-0.1, -0.05) is 62.4 Å². The molecular formula is C25H37N3O5. The van der Waals surface area contributed by atoms with Crippen LogP contribution < -0.4 is 10.6 Å². The Bertz CT molecular complexity index is 765. The van der Waals surface area contributed by atoms with Gasteiger partial charge in [0.15, 0.2) is 0 Å². The molecule has 0 saturated heterocycles. The fraction of sp³-hybridized carbons (Fsp3) is 0.600. The number of carbonyl (C=O) groups excluding carboxylic acids is 3. The highest BCUT2D eigenvalue weighted by atomic mass is 16.4. The van der Waals surface area contributed by atoms with Crippen LogP contribution in [0.25, 0.3) is 0 Å². The van der Waals surface area contributed by atoms with Crippen molar-refractivity contribution in [3.63, 3.8) is 0 Å². The molecule has 2 atom stereocenters. The van der Waals surface area contributed by atoms with Crippen LogP contribution in [0.2, 0.25) is 0 Å². The maximum Gasteiger partial charge on any atom is 0.405 e. The van der Waals surface area contributed by atoms with E-state index in [1.165, 1.54) is 6.42 Å². The molecule has 33 heavy (non-hydrogen) atoms. The van der Waals surface area contributed by atoms with Gasteiger partial charge in [-0.05, 0) is 37.7 Å². The molecule has 1 aromatic carbocycles. The largest absolute Gasteiger partial charge is 0.465 e. The van der Waals surface area contributed by atoms with Crippen LogP contribution in [0.1, 0.15) is 63.9 Å². The molecule has 3 N–H and O–H groups in total. The molecule has 2 rings (SSSR count). The summed E-state index contributed by atoms with van der Waals surface area (Å²) in [5.41, 5.74) is 1.15. The number of likely N-dealkylation sites (N-methyl/N-ethyl adjacent to an activating group) is 1. The Morgan fingerprint density at radius 1 is 1.12 bits per heavy atom. The second-order valence-corrected chi connectivity index (χ2v) is 8.74. The topological polar surface area (TPSA) is 116 Å². The lowest BCUT2D eigenvalue weighted by Gasteiger charge is -2.27. The minimum atomic E-state index is -1.26. The van der Waals surface area contributed by atoms with Gasteiger partial charge in [-0.2, -0.15) is 0 Å². The standard InChI is InChI=1S/C25H37N3O5/c1-2-28(16-15-19-9-5-3-6-10-19)23(30)14-13-21(18-29)26-24(31)22(27-25(32)33)17-20-11-7-4-8-12-20/h3,5-6,9-10,18,20-22,27H,2,4,7-8,11-17H2,1H3,(H,26,31)(H,32,33)/t21-,22-/m0/s1. The van der Waals surface area contributed by atoms with Gasteiger partial charge >= 0.3 is 6.09 Å². The summed E-state index contributed by atoms with van der Waals surface area (Å²) in [6.45, 7) is 3.06. The van der Waals surface area contributed by atoms with Crippen molar-refractivity contribution in [2.24, 2.45) is 5.92 Å². The predicted octanol–water partition coefficient (Wildman–Crippen LogP) is 3.15. The first-order chi connectivity index (χ1) is 15.9. The molecule has 8 nitrogen and oxygen atoms in total. The highest BCUT2D eigenvalue weighted by Crippen LogP contribution is 2.27. The second kappa shape index (κ2) is 14.3. The molecule has 1 saturated carbocycles. The van der Waals surface area contributed by atoms with E-state index in [9.17, 15) is 19.2 Å². The predicted molar refractivity (Wildman–Crippen MR) is 126 cm³/mol. The first kappa shape index (κ1) is 26.4. The highest BCUT2D eigenvalue weighted by Gasteiger charge is 2.27. The fourth-order valence-electron chi connectivity index (χ4n) is 4.40. The quantitative estimate of drug-likeness (QED) is 0.392. The zero-order valence-corrected chi connectivity index (χ0v) is 19.5. The monoisotopic (exact) mass is 459 g/mol. The Kier molecular flexibility index (Phi) is 11.4. The maximum absolute atomic E-state index is 12.7. The number of nitrogens with zero attached hydrogens (tertiary/aromatic N) is 1. The Hall–Kier alpha value is -2.90. The van der Waals surface area contributed by atoms with E-state index < -0.39 is 24.1 Å². The lowest BCUT2D eigenvalue weighted by atomic mass is 9.84. The number of aldehydes is 1. The van der Waals surface area contributed by atoms with E-state index in [0.717, 1.165) is 37.7 Å². The van der Waals surface area contributed by atoms with Crippen LogP contribution in [-0.2, 0) is 20.8 Å². The lowest BCUT2D eigenvalue weighted by Crippen LogP contribution is -2.50. The summed E-state index contributed by atoms with van der Waals surface area (Å²) in [7, 11) is 0. The van der Waals surface area contributed by atoms with Gasteiger partial charge in [0, 0.05) is 19.5 Å². The molecule has 0 heterocycles. The van der Waals surface area contributed by atoms with Crippen molar-refractivity contribution in [1.29, 1.82) is 0 Å². The second-order valence-electron chi connectivity index (χ2n) is 8.74. The van der Waals surface area contributed by atoms with Crippen LogP contribution in [-0.4, -0.2) is 59.4 Å². The molecular weight excluding hydrogens is 422 g/mol. The minimum absolute atomic E-state index is 0.0723. The van der Waals surface area contributed by atoms with Gasteiger partial charge in [-0.15, -0.1) is 0 Å². The van der Waals surface area contributed by atoms with Gasteiger partial charge in [0.05, 0.1) is 6.04 Å². The Morgan fingerprint density at radius 3 is 2.42 bits per heavy atom. The van der Waals surface area contributed by atoms with E-state index in [4.69, 9.17) is 5.11 Å². The number of hydrogen-bond donors (Lipinski definition) is 3. The molecule has 0 bridgehead atoms. The fourth-order valence-corrected chi connectivity index (χ4v) is 4.40. The molecule has 0 radical (unpaired) electrons. The summed E-state index contributed by atoms with van der Waals surface area (Å²) in [4.78, 5) is 49.9. The first-order valence-corrected chi connectivity index (χ1v) is 12.0. The van der Waals surface area contributed by atoms with Crippen LogP contribution in [0, 0.1) is 5.92 Å². The summed E-state index contributed by atoms with van der Waals surface area (Å²) in [5.74, 6) is -0.291. The smallest absolute Gasteiger partial charge is 0.405 e. The normalized spacial score (nSPS) is 15.8. The van der Waals surface area contributed by atoms with Crippen LogP contribution in [0.3, 0.4) is 0 Å². The van der Waals surface area contributed by atoms with Crippen molar-refractivity contribution in [2.75, 3.05) is 13.1 Å². The molecule has 1 fully saturated rings. The first-order valence-electron chi connectivity index (χ1n) is 12.0. The number of amides is 3. The van der Waals surface area contributed by atoms with Gasteiger partial charge in [-0.3, -0.25) is 9.59 Å². The van der Waals surface area contributed by atoms with Crippen LogP contribution in [0.15, 0.2) is 30.3 Å². The van der Waals surface area contributed by atoms with Crippen molar-refractivity contribution >= 4 is 24.2 Å². The number of carboxylic acid groups (broad SMARTS) is 1. The van der Waals surface area contributed by atoms with E-state index in [1.54, 1.807) is 4.90 Å². The molecule has 0 unspecified atom stereocenters. The molecule has 0 aromatic heterocycles. The van der Waals surface area contributed by atoms with Crippen molar-refractivity contribution in [2.45, 2.75) is 76.8 Å². The summed E-state index contributed by atoms with van der Waals surface area (Å²) in [6.07, 6.45) is 6.13. The lowest BCUT2D eigenvalue weighted by molar-refractivity contribution is -0.132. The molecule has 0 aliphatic heterocycles. The molecule has 3 amide bonds. The minimum Gasteiger partial charge on any atom is -0.465 e. The van der Waals surface area contributed by atoms with E-state index in [-0.39, 0.29) is 18.7 Å². The summed E-state index contributed by atoms with van der Waals surface area (Å²) in [5, 5.41) is 14.1. The highest BCUT2D eigenvalue weighted by molar-refractivity contribution is 5.87. The SMILES string of the molecule is CCN(CCc1ccccc1)C(=O)CC[C@@H](C=O)NC(=O)[C@H](CC1CCCCC1)NC(=O)O. The summed E-state index contributed by atoms with van der Waals surface area (Å²) >= 11 is 0. The van der Waals surface area contributed by atoms with Crippen molar-refractivity contribution in [3.05, 3.63) is 35.9 Å². The van der Waals surface area contributed by atoms with E-state index in [1.807, 2.05) is 37.3 Å². The van der Waals surface area contributed by atoms with Gasteiger partial charge in [0.1, 0.15) is 12.3 Å². The molecule has 0 spiro atoms. The third kappa shape index (κ3) is 9.63. The van der Waals surface area contributed by atoms with Crippen LogP contribution in [0.5, 0.6) is 0 Å². The van der Waals surface area contributed by atoms with Crippen molar-refractivity contribution in [3.8, 4) is 0 Å². The summed E-state index contributed by atoms with van der Waals surface area (Å²) in [6, 6.07) is 8.18. The Balaban J connectivity index is 1.85. The average molecular weight is 460 g/mol. The van der Waals surface area contributed by atoms with E-state index in [2.05, 4.69) is 10.6 Å². The summed E-state index contributed by atoms with van der Waals surface area (Å²) < 4.78 is 0. The van der Waals surface area contributed by atoms with Crippen LogP contribution >= 0.6 is 0 Å². The number of rotatable bonds is 13. The van der Waals surface area contributed by atoms with Crippen LogP contribution in [0.4, 0.5) is 4.79 Å². The van der Waals surface area contributed by atoms with E-state index in [0.29, 0.717) is 31.7 Å². The third-order valence-electron chi connectivity index (χ3n) is 6.32.